The van der Waals surface area contributed by atoms with E-state index in [4.69, 9.17) is 4.74 Å². The molecule has 60 valence electrons. The largest absolute Gasteiger partial charge is 0.393 e. The van der Waals surface area contributed by atoms with Crippen LogP contribution in [0.5, 0.6) is 0 Å². The third kappa shape index (κ3) is 1.70. The van der Waals surface area contributed by atoms with Crippen LogP contribution in [0.3, 0.4) is 0 Å². The maximum atomic E-state index is 9.46. The predicted molar refractivity (Wildman–Crippen MR) is 39.8 cm³/mol. The number of rotatable bonds is 1. The Morgan fingerprint density at radius 1 is 1.50 bits per heavy atom. The molecule has 0 spiro atoms. The molecule has 1 heterocycles. The predicted octanol–water partition coefficient (Wildman–Crippen LogP) is 1.04. The van der Waals surface area contributed by atoms with Gasteiger partial charge in [-0.05, 0) is 12.3 Å². The lowest BCUT2D eigenvalue weighted by Crippen LogP contribution is -2.35. The van der Waals surface area contributed by atoms with E-state index in [9.17, 15) is 5.11 Å². The van der Waals surface area contributed by atoms with Crippen molar-refractivity contribution in [3.8, 4) is 0 Å². The summed E-state index contributed by atoms with van der Waals surface area (Å²) in [6.45, 7) is 5.72. The van der Waals surface area contributed by atoms with Crippen LogP contribution in [-0.2, 0) is 4.74 Å². The summed E-state index contributed by atoms with van der Waals surface area (Å²) in [5, 5.41) is 9.46. The molecule has 1 fully saturated rings. The second kappa shape index (κ2) is 3.35. The van der Waals surface area contributed by atoms with E-state index in [0.717, 1.165) is 19.6 Å². The standard InChI is InChI=1S/C8H16O2/c1-6(2)7-5-10-4-3-8(7)9/h6-9H,3-5H2,1-2H3/t7-,8+/m1/s1. The van der Waals surface area contributed by atoms with E-state index in [1.165, 1.54) is 0 Å². The van der Waals surface area contributed by atoms with E-state index >= 15 is 0 Å². The van der Waals surface area contributed by atoms with Crippen LogP contribution < -0.4 is 0 Å². The van der Waals surface area contributed by atoms with Crippen LogP contribution in [0.25, 0.3) is 0 Å². The number of ether oxygens (including phenoxy) is 1. The molecule has 2 atom stereocenters. The van der Waals surface area contributed by atoms with Crippen molar-refractivity contribution in [1.29, 1.82) is 0 Å². The molecule has 1 N–H and O–H groups in total. The highest BCUT2D eigenvalue weighted by molar-refractivity contribution is 4.74. The minimum absolute atomic E-state index is 0.131. The highest BCUT2D eigenvalue weighted by atomic mass is 16.5. The van der Waals surface area contributed by atoms with Gasteiger partial charge in [0, 0.05) is 12.5 Å². The van der Waals surface area contributed by atoms with Gasteiger partial charge in [-0.1, -0.05) is 13.8 Å². The zero-order valence-electron chi connectivity index (χ0n) is 6.71. The Hall–Kier alpha value is -0.0800. The number of aliphatic hydroxyl groups excluding tert-OH is 1. The van der Waals surface area contributed by atoms with Gasteiger partial charge in [-0.15, -0.1) is 0 Å². The van der Waals surface area contributed by atoms with Gasteiger partial charge in [0.15, 0.2) is 0 Å². The lowest BCUT2D eigenvalue weighted by molar-refractivity contribution is -0.0519. The van der Waals surface area contributed by atoms with E-state index in [2.05, 4.69) is 13.8 Å². The second-order valence-corrected chi connectivity index (χ2v) is 3.34. The van der Waals surface area contributed by atoms with Crippen LogP contribution in [0.1, 0.15) is 20.3 Å². The molecule has 0 unspecified atom stereocenters. The van der Waals surface area contributed by atoms with Gasteiger partial charge in [0.25, 0.3) is 0 Å². The average molecular weight is 144 g/mol. The second-order valence-electron chi connectivity index (χ2n) is 3.34. The first-order valence-electron chi connectivity index (χ1n) is 3.97. The number of hydrogen-bond acceptors (Lipinski definition) is 2. The van der Waals surface area contributed by atoms with Crippen LogP contribution in [-0.4, -0.2) is 24.4 Å². The van der Waals surface area contributed by atoms with Gasteiger partial charge in [0.2, 0.25) is 0 Å². The van der Waals surface area contributed by atoms with E-state index in [-0.39, 0.29) is 6.10 Å². The Morgan fingerprint density at radius 2 is 2.20 bits per heavy atom. The molecule has 0 aromatic rings. The molecule has 0 radical (unpaired) electrons. The van der Waals surface area contributed by atoms with Crippen LogP contribution in [0, 0.1) is 11.8 Å². The fraction of sp³-hybridized carbons (Fsp3) is 1.00. The Bertz CT molecular complexity index is 101. The van der Waals surface area contributed by atoms with Gasteiger partial charge < -0.3 is 9.84 Å². The highest BCUT2D eigenvalue weighted by Crippen LogP contribution is 2.21. The number of aliphatic hydroxyl groups is 1. The molecule has 2 heteroatoms. The number of hydrogen-bond donors (Lipinski definition) is 1. The molecule has 1 aliphatic rings. The molecule has 10 heavy (non-hydrogen) atoms. The Morgan fingerprint density at radius 3 is 2.60 bits per heavy atom. The van der Waals surface area contributed by atoms with Crippen molar-refractivity contribution in [3.05, 3.63) is 0 Å². The summed E-state index contributed by atoms with van der Waals surface area (Å²) >= 11 is 0. The van der Waals surface area contributed by atoms with Crippen LogP contribution >= 0.6 is 0 Å². The first-order valence-corrected chi connectivity index (χ1v) is 3.97. The SMILES string of the molecule is CC(C)[C@H]1COCC[C@@H]1O. The van der Waals surface area contributed by atoms with Crippen molar-refractivity contribution in [2.45, 2.75) is 26.4 Å². The van der Waals surface area contributed by atoms with Gasteiger partial charge in [0.1, 0.15) is 0 Å². The Labute approximate surface area is 62.2 Å². The third-order valence-corrected chi connectivity index (χ3v) is 2.22. The first kappa shape index (κ1) is 8.02. The van der Waals surface area contributed by atoms with E-state index in [1.807, 2.05) is 0 Å². The maximum absolute atomic E-state index is 9.46. The van der Waals surface area contributed by atoms with E-state index < -0.39 is 0 Å². The summed E-state index contributed by atoms with van der Waals surface area (Å²) in [6, 6.07) is 0. The maximum Gasteiger partial charge on any atom is 0.0614 e. The lowest BCUT2D eigenvalue weighted by atomic mass is 9.88. The molecule has 0 aromatic heterocycles. The summed E-state index contributed by atoms with van der Waals surface area (Å²) in [6.07, 6.45) is 0.678. The molecular formula is C8H16O2. The van der Waals surface area contributed by atoms with Crippen molar-refractivity contribution in [2.24, 2.45) is 11.8 Å². The quantitative estimate of drug-likeness (QED) is 0.596. The average Bonchev–Trinajstić information content (AvgIpc) is 1.88. The van der Waals surface area contributed by atoms with Crippen molar-refractivity contribution in [3.63, 3.8) is 0 Å². The monoisotopic (exact) mass is 144 g/mol. The topological polar surface area (TPSA) is 29.5 Å². The first-order chi connectivity index (χ1) is 4.72. The van der Waals surface area contributed by atoms with Gasteiger partial charge in [-0.3, -0.25) is 0 Å². The fourth-order valence-electron chi connectivity index (χ4n) is 1.39. The molecule has 0 saturated carbocycles. The zero-order chi connectivity index (χ0) is 7.56. The van der Waals surface area contributed by atoms with Crippen molar-refractivity contribution in [1.82, 2.24) is 0 Å². The van der Waals surface area contributed by atoms with Crippen molar-refractivity contribution < 1.29 is 9.84 Å². The van der Waals surface area contributed by atoms with Gasteiger partial charge in [-0.2, -0.15) is 0 Å². The minimum atomic E-state index is -0.131. The minimum Gasteiger partial charge on any atom is -0.393 e. The van der Waals surface area contributed by atoms with Crippen molar-refractivity contribution >= 4 is 0 Å². The molecule has 0 aliphatic carbocycles. The summed E-state index contributed by atoms with van der Waals surface area (Å²) in [7, 11) is 0. The third-order valence-electron chi connectivity index (χ3n) is 2.22. The van der Waals surface area contributed by atoms with E-state index in [1.54, 1.807) is 0 Å². The molecule has 1 saturated heterocycles. The summed E-state index contributed by atoms with van der Waals surface area (Å²) in [5.74, 6) is 0.893. The zero-order valence-corrected chi connectivity index (χ0v) is 6.71. The van der Waals surface area contributed by atoms with Gasteiger partial charge >= 0.3 is 0 Å². The van der Waals surface area contributed by atoms with Gasteiger partial charge in [-0.25, -0.2) is 0 Å². The highest BCUT2D eigenvalue weighted by Gasteiger charge is 2.25. The summed E-state index contributed by atoms with van der Waals surface area (Å²) in [4.78, 5) is 0. The normalized spacial score (nSPS) is 34.8. The molecule has 2 nitrogen and oxygen atoms in total. The molecule has 0 amide bonds. The lowest BCUT2D eigenvalue weighted by Gasteiger charge is -2.30. The Balaban J connectivity index is 2.40. The molecule has 0 bridgehead atoms. The molecular weight excluding hydrogens is 128 g/mol. The fourth-order valence-corrected chi connectivity index (χ4v) is 1.39. The molecule has 0 aromatic carbocycles. The van der Waals surface area contributed by atoms with Crippen LogP contribution in [0.15, 0.2) is 0 Å². The molecule has 1 aliphatic heterocycles. The van der Waals surface area contributed by atoms with Gasteiger partial charge in [0.05, 0.1) is 12.7 Å². The summed E-state index contributed by atoms with van der Waals surface area (Å²) < 4.78 is 5.25. The van der Waals surface area contributed by atoms with Crippen LogP contribution in [0.4, 0.5) is 0 Å². The summed E-state index contributed by atoms with van der Waals surface area (Å²) in [5.41, 5.74) is 0. The molecule has 1 rings (SSSR count). The smallest absolute Gasteiger partial charge is 0.0614 e. The van der Waals surface area contributed by atoms with E-state index in [0.29, 0.717) is 11.8 Å². The van der Waals surface area contributed by atoms with Crippen molar-refractivity contribution in [2.75, 3.05) is 13.2 Å². The van der Waals surface area contributed by atoms with Crippen LogP contribution in [0.2, 0.25) is 0 Å². The Kier molecular flexibility index (Phi) is 2.69.